The fourth-order valence-corrected chi connectivity index (χ4v) is 2.36. The van der Waals surface area contributed by atoms with Gasteiger partial charge < -0.3 is 10.1 Å². The molecule has 0 aromatic heterocycles. The van der Waals surface area contributed by atoms with Gasteiger partial charge in [0.15, 0.2) is 0 Å². The van der Waals surface area contributed by atoms with Crippen LogP contribution in [0.3, 0.4) is 0 Å². The normalized spacial score (nSPS) is 11.9. The highest BCUT2D eigenvalue weighted by Gasteiger charge is 2.32. The third kappa shape index (κ3) is 4.75. The molecule has 0 fully saturated rings. The Bertz CT molecular complexity index is 737. The zero-order valence-corrected chi connectivity index (χ0v) is 14.3. The second-order valence-corrected chi connectivity index (χ2v) is 6.37. The van der Waals surface area contributed by atoms with E-state index in [0.717, 1.165) is 12.1 Å². The van der Waals surface area contributed by atoms with Gasteiger partial charge in [0.1, 0.15) is 5.75 Å². The lowest BCUT2D eigenvalue weighted by Crippen LogP contribution is -2.36. The highest BCUT2D eigenvalue weighted by atomic mass is 19.4. The van der Waals surface area contributed by atoms with Crippen LogP contribution in [0.15, 0.2) is 48.5 Å². The van der Waals surface area contributed by atoms with Crippen molar-refractivity contribution in [2.24, 2.45) is 0 Å². The van der Waals surface area contributed by atoms with E-state index in [-0.39, 0.29) is 12.5 Å². The highest BCUT2D eigenvalue weighted by Crippen LogP contribution is 2.32. The van der Waals surface area contributed by atoms with E-state index in [9.17, 15) is 18.0 Å². The molecule has 0 spiro atoms. The summed E-state index contributed by atoms with van der Waals surface area (Å²) in [6.07, 6.45) is -4.39. The van der Waals surface area contributed by atoms with Crippen LogP contribution in [0.4, 0.5) is 13.2 Å². The van der Waals surface area contributed by atoms with Gasteiger partial charge in [-0.1, -0.05) is 32.0 Å². The fourth-order valence-electron chi connectivity index (χ4n) is 2.36. The Morgan fingerprint density at radius 3 is 2.20 bits per heavy atom. The summed E-state index contributed by atoms with van der Waals surface area (Å²) in [4.78, 5) is 12.2. The van der Waals surface area contributed by atoms with Crippen molar-refractivity contribution in [1.29, 1.82) is 0 Å². The zero-order valence-electron chi connectivity index (χ0n) is 14.3. The van der Waals surface area contributed by atoms with E-state index in [0.29, 0.717) is 16.9 Å². The Morgan fingerprint density at radius 1 is 1.04 bits per heavy atom. The number of rotatable bonds is 5. The van der Waals surface area contributed by atoms with Gasteiger partial charge in [-0.2, -0.15) is 13.2 Å². The summed E-state index contributed by atoms with van der Waals surface area (Å²) in [5.41, 5.74) is -0.374. The second kappa shape index (κ2) is 7.17. The van der Waals surface area contributed by atoms with Crippen LogP contribution in [0.1, 0.15) is 35.3 Å². The summed E-state index contributed by atoms with van der Waals surface area (Å²) in [5.74, 6) is 0.351. The predicted octanol–water partition coefficient (Wildman–Crippen LogP) is 4.42. The van der Waals surface area contributed by atoms with Crippen LogP contribution in [0, 0.1) is 0 Å². The Balaban J connectivity index is 2.09. The van der Waals surface area contributed by atoms with Crippen LogP contribution >= 0.6 is 0 Å². The molecule has 0 aliphatic carbocycles. The first-order chi connectivity index (χ1) is 11.6. The van der Waals surface area contributed by atoms with Crippen molar-refractivity contribution in [3.05, 3.63) is 65.2 Å². The Kier molecular flexibility index (Phi) is 5.40. The number of methoxy groups -OCH3 is 1. The SMILES string of the molecule is COc1ccc(C(=O)NCC(C)(C)c2cccc(C(F)(F)F)c2)cc1. The third-order valence-corrected chi connectivity index (χ3v) is 4.01. The summed E-state index contributed by atoms with van der Waals surface area (Å²) in [7, 11) is 1.53. The molecule has 2 aromatic rings. The average molecular weight is 351 g/mol. The second-order valence-electron chi connectivity index (χ2n) is 6.37. The van der Waals surface area contributed by atoms with Gasteiger partial charge in [-0.3, -0.25) is 4.79 Å². The molecule has 2 rings (SSSR count). The monoisotopic (exact) mass is 351 g/mol. The molecule has 0 saturated carbocycles. The first kappa shape index (κ1) is 18.8. The molecule has 0 heterocycles. The van der Waals surface area contributed by atoms with E-state index in [1.54, 1.807) is 44.2 Å². The van der Waals surface area contributed by atoms with E-state index >= 15 is 0 Å². The van der Waals surface area contributed by atoms with Gasteiger partial charge in [-0.25, -0.2) is 0 Å². The molecule has 0 atom stereocenters. The summed E-state index contributed by atoms with van der Waals surface area (Å²) in [6, 6.07) is 11.8. The van der Waals surface area contributed by atoms with E-state index in [1.165, 1.54) is 13.2 Å². The van der Waals surface area contributed by atoms with Gasteiger partial charge in [0, 0.05) is 17.5 Å². The number of halogens is 3. The smallest absolute Gasteiger partial charge is 0.416 e. The molecule has 3 nitrogen and oxygen atoms in total. The Hall–Kier alpha value is -2.50. The topological polar surface area (TPSA) is 38.3 Å². The molecular weight excluding hydrogens is 331 g/mol. The summed E-state index contributed by atoms with van der Waals surface area (Å²) in [5, 5.41) is 2.77. The first-order valence-electron chi connectivity index (χ1n) is 7.73. The van der Waals surface area contributed by atoms with E-state index in [4.69, 9.17) is 4.74 Å². The number of amides is 1. The number of carbonyl (C=O) groups is 1. The van der Waals surface area contributed by atoms with Crippen LogP contribution < -0.4 is 10.1 Å². The summed E-state index contributed by atoms with van der Waals surface area (Å²) >= 11 is 0. The largest absolute Gasteiger partial charge is 0.497 e. The van der Waals surface area contributed by atoms with Crippen LogP contribution in [0.5, 0.6) is 5.75 Å². The van der Waals surface area contributed by atoms with Crippen LogP contribution in [-0.4, -0.2) is 19.6 Å². The molecule has 1 N–H and O–H groups in total. The van der Waals surface area contributed by atoms with Crippen LogP contribution in [0.25, 0.3) is 0 Å². The van der Waals surface area contributed by atoms with Gasteiger partial charge >= 0.3 is 6.18 Å². The highest BCUT2D eigenvalue weighted by molar-refractivity contribution is 5.94. The van der Waals surface area contributed by atoms with E-state index < -0.39 is 17.2 Å². The van der Waals surface area contributed by atoms with E-state index in [2.05, 4.69) is 5.32 Å². The van der Waals surface area contributed by atoms with Crippen molar-refractivity contribution < 1.29 is 22.7 Å². The zero-order chi connectivity index (χ0) is 18.7. The van der Waals surface area contributed by atoms with Crippen molar-refractivity contribution in [2.75, 3.05) is 13.7 Å². The minimum atomic E-state index is -4.39. The first-order valence-corrected chi connectivity index (χ1v) is 7.73. The maximum absolute atomic E-state index is 12.9. The fraction of sp³-hybridized carbons (Fsp3) is 0.316. The molecule has 1 amide bonds. The lowest BCUT2D eigenvalue weighted by atomic mass is 9.83. The molecule has 0 bridgehead atoms. The van der Waals surface area contributed by atoms with Crippen molar-refractivity contribution in [3.8, 4) is 5.75 Å². The van der Waals surface area contributed by atoms with Crippen molar-refractivity contribution in [3.63, 3.8) is 0 Å². The number of nitrogens with one attached hydrogen (secondary N) is 1. The van der Waals surface area contributed by atoms with Gasteiger partial charge in [0.2, 0.25) is 0 Å². The number of ether oxygens (including phenoxy) is 1. The summed E-state index contributed by atoms with van der Waals surface area (Å²) in [6.45, 7) is 3.78. The number of hydrogen-bond acceptors (Lipinski definition) is 2. The van der Waals surface area contributed by atoms with E-state index in [1.807, 2.05) is 0 Å². The molecule has 25 heavy (non-hydrogen) atoms. The number of alkyl halides is 3. The van der Waals surface area contributed by atoms with Gasteiger partial charge in [0.25, 0.3) is 5.91 Å². The number of carbonyl (C=O) groups excluding carboxylic acids is 1. The minimum Gasteiger partial charge on any atom is -0.497 e. The molecule has 134 valence electrons. The van der Waals surface area contributed by atoms with Crippen LogP contribution in [0.2, 0.25) is 0 Å². The van der Waals surface area contributed by atoms with Crippen LogP contribution in [-0.2, 0) is 11.6 Å². The molecular formula is C19H20F3NO2. The molecule has 6 heteroatoms. The number of benzene rings is 2. The average Bonchev–Trinajstić information content (AvgIpc) is 2.59. The minimum absolute atomic E-state index is 0.208. The molecule has 2 aromatic carbocycles. The van der Waals surface area contributed by atoms with Gasteiger partial charge in [-0.15, -0.1) is 0 Å². The lowest BCUT2D eigenvalue weighted by Gasteiger charge is -2.26. The Labute approximate surface area is 144 Å². The molecule has 0 radical (unpaired) electrons. The quantitative estimate of drug-likeness (QED) is 0.866. The van der Waals surface area contributed by atoms with Crippen molar-refractivity contribution >= 4 is 5.91 Å². The molecule has 0 aliphatic rings. The predicted molar refractivity (Wildman–Crippen MR) is 89.8 cm³/mol. The summed E-state index contributed by atoms with van der Waals surface area (Å²) < 4.78 is 43.7. The van der Waals surface area contributed by atoms with Crippen molar-refractivity contribution in [2.45, 2.75) is 25.4 Å². The Morgan fingerprint density at radius 2 is 1.64 bits per heavy atom. The molecule has 0 aliphatic heterocycles. The van der Waals surface area contributed by atoms with Gasteiger partial charge in [-0.05, 0) is 35.9 Å². The van der Waals surface area contributed by atoms with Crippen molar-refractivity contribution in [1.82, 2.24) is 5.32 Å². The lowest BCUT2D eigenvalue weighted by molar-refractivity contribution is -0.137. The maximum Gasteiger partial charge on any atom is 0.416 e. The standard InChI is InChI=1S/C19H20F3NO2/c1-18(2,14-5-4-6-15(11-14)19(20,21)22)12-23-17(24)13-7-9-16(25-3)10-8-13/h4-11H,12H2,1-3H3,(H,23,24). The molecule has 0 saturated heterocycles. The number of hydrogen-bond donors (Lipinski definition) is 1. The third-order valence-electron chi connectivity index (χ3n) is 4.01. The maximum atomic E-state index is 12.9. The molecule has 0 unspecified atom stereocenters. The van der Waals surface area contributed by atoms with Gasteiger partial charge in [0.05, 0.1) is 12.7 Å².